The summed E-state index contributed by atoms with van der Waals surface area (Å²) in [5, 5.41) is 8.46. The van der Waals surface area contributed by atoms with Crippen LogP contribution >= 0.6 is 0 Å². The van der Waals surface area contributed by atoms with E-state index >= 15 is 0 Å². The minimum atomic E-state index is -4.85. The number of amides is 1. The molecule has 0 aliphatic carbocycles. The molecule has 2 aromatic heterocycles. The van der Waals surface area contributed by atoms with Crippen LogP contribution in [0, 0.1) is 0 Å². The van der Waals surface area contributed by atoms with E-state index in [1.165, 1.54) is 7.11 Å². The number of hydrogen-bond acceptors (Lipinski definition) is 6. The summed E-state index contributed by atoms with van der Waals surface area (Å²) in [5.41, 5.74) is 5.04. The van der Waals surface area contributed by atoms with Crippen molar-refractivity contribution in [3.63, 3.8) is 0 Å². The van der Waals surface area contributed by atoms with Gasteiger partial charge in [0.15, 0.2) is 0 Å². The van der Waals surface area contributed by atoms with E-state index in [2.05, 4.69) is 15.3 Å². The minimum Gasteiger partial charge on any atom is -0.465 e. The molecule has 0 radical (unpaired) electrons. The van der Waals surface area contributed by atoms with Crippen LogP contribution in [0.3, 0.4) is 0 Å². The number of likely N-dealkylation sites (tertiary alicyclic amines) is 1. The molecule has 0 unspecified atom stereocenters. The van der Waals surface area contributed by atoms with E-state index in [1.807, 2.05) is 42.5 Å². The third kappa shape index (κ3) is 5.66. The molecule has 4 aromatic rings. The number of nitrogens with zero attached hydrogens (tertiary/aromatic N) is 5. The average Bonchev–Trinajstić information content (AvgIpc) is 3.47. The van der Waals surface area contributed by atoms with Crippen molar-refractivity contribution < 1.29 is 27.5 Å². The number of halogens is 3. The number of benzene rings is 2. The van der Waals surface area contributed by atoms with Gasteiger partial charge in [-0.3, -0.25) is 9.78 Å². The molecule has 1 aliphatic heterocycles. The summed E-state index contributed by atoms with van der Waals surface area (Å²) in [7, 11) is 1.31. The number of carbonyl (C=O) groups excluding carboxylic acids is 2. The molecular weight excluding hydrogens is 511 g/mol. The second-order valence-electron chi connectivity index (χ2n) is 9.23. The minimum absolute atomic E-state index is 0.0510. The van der Waals surface area contributed by atoms with Gasteiger partial charge in [0.05, 0.1) is 24.6 Å². The predicted molar refractivity (Wildman–Crippen MR) is 136 cm³/mol. The highest BCUT2D eigenvalue weighted by Crippen LogP contribution is 2.32. The Morgan fingerprint density at radius 1 is 0.923 bits per heavy atom. The molecule has 1 fully saturated rings. The van der Waals surface area contributed by atoms with Gasteiger partial charge in [-0.05, 0) is 65.8 Å². The molecule has 0 saturated carbocycles. The van der Waals surface area contributed by atoms with E-state index in [1.54, 1.807) is 35.4 Å². The van der Waals surface area contributed by atoms with Crippen LogP contribution < -0.4 is 0 Å². The number of carbonyl (C=O) groups is 2. The SMILES string of the molecule is COC(=O)c1cc(-c2ccc(C3CCN(C(=O)C(F)(F)F)CC3)cc2)cc(-n2cc(-c3ccncc3)nn2)c1. The largest absolute Gasteiger partial charge is 0.471 e. The van der Waals surface area contributed by atoms with Crippen molar-refractivity contribution in [3.05, 3.63) is 84.3 Å². The van der Waals surface area contributed by atoms with E-state index in [4.69, 9.17) is 4.74 Å². The van der Waals surface area contributed by atoms with Crippen LogP contribution in [-0.4, -0.2) is 63.1 Å². The maximum Gasteiger partial charge on any atom is 0.471 e. The molecule has 5 rings (SSSR count). The van der Waals surface area contributed by atoms with E-state index < -0.39 is 18.1 Å². The normalized spacial score (nSPS) is 14.3. The standard InChI is InChI=1S/C28H24F3N5O3/c1-39-26(37)23-14-22(15-24(16-23)36-17-25(33-34-36)21-6-10-32-11-7-21)19-4-2-18(3-5-19)20-8-12-35(13-9-20)27(38)28(29,30)31/h2-7,10-11,14-17,20H,8-9,12-13H2,1H3. The Morgan fingerprint density at radius 2 is 1.62 bits per heavy atom. The zero-order valence-electron chi connectivity index (χ0n) is 20.9. The third-order valence-corrected chi connectivity index (χ3v) is 6.81. The molecule has 1 aliphatic rings. The van der Waals surface area contributed by atoms with Gasteiger partial charge >= 0.3 is 18.1 Å². The lowest BCUT2D eigenvalue weighted by Crippen LogP contribution is -2.45. The fraction of sp³-hybridized carbons (Fsp3) is 0.250. The summed E-state index contributed by atoms with van der Waals surface area (Å²) in [6.45, 7) is 0.128. The maximum absolute atomic E-state index is 12.7. The highest BCUT2D eigenvalue weighted by Gasteiger charge is 2.43. The summed E-state index contributed by atoms with van der Waals surface area (Å²) in [4.78, 5) is 28.8. The van der Waals surface area contributed by atoms with E-state index in [0.29, 0.717) is 29.8 Å². The van der Waals surface area contributed by atoms with Crippen molar-refractivity contribution in [1.29, 1.82) is 0 Å². The summed E-state index contributed by atoms with van der Waals surface area (Å²) in [6.07, 6.45) is 1.15. The van der Waals surface area contributed by atoms with Gasteiger partial charge in [-0.15, -0.1) is 5.10 Å². The Bertz CT molecular complexity index is 1480. The van der Waals surface area contributed by atoms with Crippen LogP contribution in [0.2, 0.25) is 0 Å². The Balaban J connectivity index is 1.38. The molecule has 0 bridgehead atoms. The Labute approximate surface area is 222 Å². The van der Waals surface area contributed by atoms with Gasteiger partial charge in [-0.1, -0.05) is 29.5 Å². The van der Waals surface area contributed by atoms with Crippen molar-refractivity contribution in [3.8, 4) is 28.1 Å². The fourth-order valence-electron chi connectivity index (χ4n) is 4.73. The molecule has 0 spiro atoms. The molecule has 1 saturated heterocycles. The highest BCUT2D eigenvalue weighted by atomic mass is 19.4. The molecule has 11 heteroatoms. The highest BCUT2D eigenvalue weighted by molar-refractivity contribution is 5.92. The number of hydrogen-bond donors (Lipinski definition) is 0. The van der Waals surface area contributed by atoms with E-state index in [0.717, 1.165) is 27.2 Å². The summed E-state index contributed by atoms with van der Waals surface area (Å²) < 4.78 is 44.8. The molecular formula is C28H24F3N5O3. The molecule has 3 heterocycles. The quantitative estimate of drug-likeness (QED) is 0.332. The molecule has 39 heavy (non-hydrogen) atoms. The zero-order chi connectivity index (χ0) is 27.6. The number of piperidine rings is 1. The Hall–Kier alpha value is -4.54. The lowest BCUT2D eigenvalue weighted by Gasteiger charge is -2.32. The fourth-order valence-corrected chi connectivity index (χ4v) is 4.73. The molecule has 2 aromatic carbocycles. The maximum atomic E-state index is 12.7. The number of ether oxygens (including phenoxy) is 1. The van der Waals surface area contributed by atoms with Crippen LogP contribution in [0.15, 0.2) is 73.2 Å². The topological polar surface area (TPSA) is 90.2 Å². The smallest absolute Gasteiger partial charge is 0.465 e. The van der Waals surface area contributed by atoms with Crippen LogP contribution in [0.5, 0.6) is 0 Å². The molecule has 200 valence electrons. The van der Waals surface area contributed by atoms with Crippen LogP contribution in [0.25, 0.3) is 28.1 Å². The van der Waals surface area contributed by atoms with Crippen LogP contribution in [0.4, 0.5) is 13.2 Å². The van der Waals surface area contributed by atoms with Crippen molar-refractivity contribution in [2.45, 2.75) is 24.9 Å². The number of rotatable bonds is 5. The number of pyridine rings is 1. The average molecular weight is 536 g/mol. The molecule has 1 amide bonds. The van der Waals surface area contributed by atoms with E-state index in [9.17, 15) is 22.8 Å². The third-order valence-electron chi connectivity index (χ3n) is 6.81. The number of methoxy groups -OCH3 is 1. The predicted octanol–water partition coefficient (Wildman–Crippen LogP) is 5.05. The van der Waals surface area contributed by atoms with Gasteiger partial charge in [-0.25, -0.2) is 9.48 Å². The summed E-state index contributed by atoms with van der Waals surface area (Å²) >= 11 is 0. The van der Waals surface area contributed by atoms with Gasteiger partial charge in [0.2, 0.25) is 0 Å². The number of alkyl halides is 3. The zero-order valence-corrected chi connectivity index (χ0v) is 20.9. The first-order chi connectivity index (χ1) is 18.7. The van der Waals surface area contributed by atoms with Gasteiger partial charge < -0.3 is 9.64 Å². The lowest BCUT2D eigenvalue weighted by atomic mass is 9.88. The van der Waals surface area contributed by atoms with Crippen molar-refractivity contribution in [2.24, 2.45) is 0 Å². The first-order valence-corrected chi connectivity index (χ1v) is 12.3. The van der Waals surface area contributed by atoms with E-state index in [-0.39, 0.29) is 19.0 Å². The molecule has 0 atom stereocenters. The van der Waals surface area contributed by atoms with Crippen molar-refractivity contribution >= 4 is 11.9 Å². The summed E-state index contributed by atoms with van der Waals surface area (Å²) in [5.74, 6) is -2.22. The number of aromatic nitrogens is 4. The Morgan fingerprint density at radius 3 is 2.26 bits per heavy atom. The van der Waals surface area contributed by atoms with Gasteiger partial charge in [0, 0.05) is 31.0 Å². The van der Waals surface area contributed by atoms with Gasteiger partial charge in [-0.2, -0.15) is 13.2 Å². The first kappa shape index (κ1) is 26.1. The number of esters is 1. The van der Waals surface area contributed by atoms with Gasteiger partial charge in [0.25, 0.3) is 0 Å². The molecule has 8 nitrogen and oxygen atoms in total. The van der Waals surface area contributed by atoms with Crippen molar-refractivity contribution in [1.82, 2.24) is 24.9 Å². The lowest BCUT2D eigenvalue weighted by molar-refractivity contribution is -0.186. The Kier molecular flexibility index (Phi) is 7.14. The second-order valence-corrected chi connectivity index (χ2v) is 9.23. The monoisotopic (exact) mass is 535 g/mol. The molecule has 0 N–H and O–H groups in total. The second kappa shape index (κ2) is 10.7. The first-order valence-electron chi connectivity index (χ1n) is 12.3. The summed E-state index contributed by atoms with van der Waals surface area (Å²) in [6, 6.07) is 16.6. The van der Waals surface area contributed by atoms with Crippen LogP contribution in [-0.2, 0) is 9.53 Å². The van der Waals surface area contributed by atoms with Crippen LogP contribution in [0.1, 0.15) is 34.7 Å². The van der Waals surface area contributed by atoms with Crippen molar-refractivity contribution in [2.75, 3.05) is 20.2 Å². The van der Waals surface area contributed by atoms with Gasteiger partial charge in [0.1, 0.15) is 5.69 Å².